The van der Waals surface area contributed by atoms with Crippen LogP contribution in [0.2, 0.25) is 0 Å². The number of nitrogens with two attached hydrogens (primary N) is 1. The minimum absolute atomic E-state index is 0.221. The van der Waals surface area contributed by atoms with E-state index in [2.05, 4.69) is 49.9 Å². The van der Waals surface area contributed by atoms with Crippen LogP contribution in [0.15, 0.2) is 24.3 Å². The van der Waals surface area contributed by atoms with E-state index in [4.69, 9.17) is 10.7 Å². The number of rotatable bonds is 2. The summed E-state index contributed by atoms with van der Waals surface area (Å²) in [6.45, 7) is 8.78. The summed E-state index contributed by atoms with van der Waals surface area (Å²) in [6, 6.07) is 8.93. The Kier molecular flexibility index (Phi) is 3.93. The van der Waals surface area contributed by atoms with E-state index in [1.807, 2.05) is 0 Å². The van der Waals surface area contributed by atoms with Gasteiger partial charge in [-0.2, -0.15) is 0 Å². The molecule has 3 heteroatoms. The molecule has 1 heterocycles. The third kappa shape index (κ3) is 3.03. The third-order valence-corrected chi connectivity index (χ3v) is 3.73. The van der Waals surface area contributed by atoms with Gasteiger partial charge in [-0.3, -0.25) is 0 Å². The summed E-state index contributed by atoms with van der Waals surface area (Å²) in [6.07, 6.45) is 2.25. The van der Waals surface area contributed by atoms with Crippen molar-refractivity contribution in [1.29, 1.82) is 0 Å². The quantitative estimate of drug-likeness (QED) is 0.818. The Labute approximate surface area is 110 Å². The second-order valence-corrected chi connectivity index (χ2v) is 6.12. The lowest BCUT2D eigenvalue weighted by Crippen LogP contribution is -2.38. The summed E-state index contributed by atoms with van der Waals surface area (Å²) in [5.41, 5.74) is 2.91. The topological polar surface area (TPSA) is 38.5 Å². The Morgan fingerprint density at radius 1 is 1.11 bits per heavy atom. The average Bonchev–Trinajstić information content (AvgIpc) is 2.38. The molecule has 0 radical (unpaired) electrons. The third-order valence-electron chi connectivity index (χ3n) is 3.73. The SMILES string of the molecule is CC(C)(C)c1ccc(N2CCC(ON)CC2)cc1. The Morgan fingerprint density at radius 2 is 1.67 bits per heavy atom. The van der Waals surface area contributed by atoms with Gasteiger partial charge >= 0.3 is 0 Å². The lowest BCUT2D eigenvalue weighted by atomic mass is 9.87. The molecule has 100 valence electrons. The molecule has 0 bridgehead atoms. The highest BCUT2D eigenvalue weighted by molar-refractivity contribution is 5.48. The second-order valence-electron chi connectivity index (χ2n) is 6.12. The predicted molar refractivity (Wildman–Crippen MR) is 75.6 cm³/mol. The highest BCUT2D eigenvalue weighted by atomic mass is 16.6. The van der Waals surface area contributed by atoms with Gasteiger partial charge in [0.1, 0.15) is 0 Å². The van der Waals surface area contributed by atoms with E-state index in [-0.39, 0.29) is 11.5 Å². The molecule has 0 saturated carbocycles. The van der Waals surface area contributed by atoms with Crippen molar-refractivity contribution >= 4 is 5.69 Å². The van der Waals surface area contributed by atoms with Crippen LogP contribution in [-0.4, -0.2) is 19.2 Å². The van der Waals surface area contributed by atoms with E-state index >= 15 is 0 Å². The highest BCUT2D eigenvalue weighted by Gasteiger charge is 2.20. The summed E-state index contributed by atoms with van der Waals surface area (Å²) in [4.78, 5) is 7.32. The van der Waals surface area contributed by atoms with E-state index < -0.39 is 0 Å². The van der Waals surface area contributed by atoms with Crippen molar-refractivity contribution in [3.05, 3.63) is 29.8 Å². The zero-order valence-electron chi connectivity index (χ0n) is 11.6. The van der Waals surface area contributed by atoms with E-state index in [0.717, 1.165) is 25.9 Å². The molecule has 18 heavy (non-hydrogen) atoms. The predicted octanol–water partition coefficient (Wildman–Crippen LogP) is 2.84. The van der Waals surface area contributed by atoms with Crippen molar-refractivity contribution in [1.82, 2.24) is 0 Å². The van der Waals surface area contributed by atoms with Gasteiger partial charge in [-0.15, -0.1) is 0 Å². The van der Waals surface area contributed by atoms with Gasteiger partial charge < -0.3 is 9.74 Å². The molecule has 2 N–H and O–H groups in total. The summed E-state index contributed by atoms with van der Waals surface area (Å²) >= 11 is 0. The van der Waals surface area contributed by atoms with Gasteiger partial charge in [0.25, 0.3) is 0 Å². The van der Waals surface area contributed by atoms with E-state index in [1.165, 1.54) is 11.3 Å². The van der Waals surface area contributed by atoms with Gasteiger partial charge in [0.15, 0.2) is 0 Å². The second kappa shape index (κ2) is 5.29. The van der Waals surface area contributed by atoms with Crippen LogP contribution in [0.5, 0.6) is 0 Å². The van der Waals surface area contributed by atoms with Crippen LogP contribution in [0, 0.1) is 0 Å². The largest absolute Gasteiger partial charge is 0.371 e. The molecule has 3 nitrogen and oxygen atoms in total. The van der Waals surface area contributed by atoms with Gasteiger partial charge in [0, 0.05) is 18.8 Å². The van der Waals surface area contributed by atoms with Crippen LogP contribution in [0.25, 0.3) is 0 Å². The van der Waals surface area contributed by atoms with Gasteiger partial charge in [0.05, 0.1) is 6.10 Å². The normalized spacial score (nSPS) is 18.1. The van der Waals surface area contributed by atoms with Gasteiger partial charge in [-0.05, 0) is 36.0 Å². The molecule has 0 aliphatic carbocycles. The van der Waals surface area contributed by atoms with Crippen LogP contribution in [0.4, 0.5) is 5.69 Å². The zero-order valence-corrected chi connectivity index (χ0v) is 11.6. The Morgan fingerprint density at radius 3 is 2.11 bits per heavy atom. The zero-order chi connectivity index (χ0) is 13.2. The molecular weight excluding hydrogens is 224 g/mol. The van der Waals surface area contributed by atoms with Crippen LogP contribution in [-0.2, 0) is 10.3 Å². The van der Waals surface area contributed by atoms with Crippen LogP contribution in [0.1, 0.15) is 39.2 Å². The monoisotopic (exact) mass is 248 g/mol. The van der Waals surface area contributed by atoms with E-state index in [0.29, 0.717) is 0 Å². The first-order chi connectivity index (χ1) is 8.50. The van der Waals surface area contributed by atoms with Crippen molar-refractivity contribution in [2.24, 2.45) is 5.90 Å². The van der Waals surface area contributed by atoms with Crippen LogP contribution < -0.4 is 10.8 Å². The van der Waals surface area contributed by atoms with E-state index in [1.54, 1.807) is 0 Å². The van der Waals surface area contributed by atoms with Gasteiger partial charge in [-0.1, -0.05) is 32.9 Å². The standard InChI is InChI=1S/C15H24N2O/c1-15(2,3)12-4-6-13(7-5-12)17-10-8-14(18-16)9-11-17/h4-7,14H,8-11,16H2,1-3H3. The van der Waals surface area contributed by atoms with Crippen molar-refractivity contribution in [3.8, 4) is 0 Å². The Bertz CT molecular complexity index is 372. The molecule has 1 saturated heterocycles. The summed E-state index contributed by atoms with van der Waals surface area (Å²) in [5, 5.41) is 0. The first-order valence-electron chi connectivity index (χ1n) is 6.72. The summed E-state index contributed by atoms with van der Waals surface area (Å²) in [7, 11) is 0. The maximum absolute atomic E-state index is 5.24. The first-order valence-corrected chi connectivity index (χ1v) is 6.72. The van der Waals surface area contributed by atoms with Crippen molar-refractivity contribution < 1.29 is 4.84 Å². The number of hydrogen-bond donors (Lipinski definition) is 1. The molecule has 1 aromatic carbocycles. The van der Waals surface area contributed by atoms with E-state index in [9.17, 15) is 0 Å². The van der Waals surface area contributed by atoms with Crippen molar-refractivity contribution in [3.63, 3.8) is 0 Å². The molecule has 1 aromatic rings. The first kappa shape index (κ1) is 13.4. The van der Waals surface area contributed by atoms with Crippen LogP contribution >= 0.6 is 0 Å². The molecule has 1 aliphatic heterocycles. The number of anilines is 1. The smallest absolute Gasteiger partial charge is 0.0821 e. The van der Waals surface area contributed by atoms with Crippen molar-refractivity contribution in [2.45, 2.75) is 45.1 Å². The maximum Gasteiger partial charge on any atom is 0.0821 e. The van der Waals surface area contributed by atoms with Gasteiger partial charge in [-0.25, -0.2) is 5.90 Å². The molecule has 0 amide bonds. The summed E-state index contributed by atoms with van der Waals surface area (Å²) in [5.74, 6) is 5.24. The fourth-order valence-electron chi connectivity index (χ4n) is 2.42. The minimum Gasteiger partial charge on any atom is -0.371 e. The molecule has 0 aromatic heterocycles. The molecule has 1 aliphatic rings. The van der Waals surface area contributed by atoms with Crippen LogP contribution in [0.3, 0.4) is 0 Å². The molecule has 0 unspecified atom stereocenters. The number of nitrogens with zero attached hydrogens (tertiary/aromatic N) is 1. The molecular formula is C15H24N2O. The van der Waals surface area contributed by atoms with Gasteiger partial charge in [0.2, 0.25) is 0 Å². The lowest BCUT2D eigenvalue weighted by Gasteiger charge is -2.33. The molecule has 1 fully saturated rings. The minimum atomic E-state index is 0.221. The molecule has 2 rings (SSSR count). The Balaban J connectivity index is 2.02. The number of benzene rings is 1. The summed E-state index contributed by atoms with van der Waals surface area (Å²) < 4.78 is 0. The molecule has 0 spiro atoms. The fourth-order valence-corrected chi connectivity index (χ4v) is 2.42. The number of piperidine rings is 1. The average molecular weight is 248 g/mol. The van der Waals surface area contributed by atoms with Crippen molar-refractivity contribution in [2.75, 3.05) is 18.0 Å². The lowest BCUT2D eigenvalue weighted by molar-refractivity contribution is 0.0368. The molecule has 0 atom stereocenters. The number of hydrogen-bond acceptors (Lipinski definition) is 3. The maximum atomic E-state index is 5.24. The Hall–Kier alpha value is -1.06. The fraction of sp³-hybridized carbons (Fsp3) is 0.600. The highest BCUT2D eigenvalue weighted by Crippen LogP contribution is 2.26.